The lowest BCUT2D eigenvalue weighted by molar-refractivity contribution is 0.638. The van der Waals surface area contributed by atoms with Crippen molar-refractivity contribution < 1.29 is 0 Å². The first-order chi connectivity index (χ1) is 19.9. The second kappa shape index (κ2) is 9.13. The van der Waals surface area contributed by atoms with Crippen molar-refractivity contribution in [2.45, 2.75) is 12.5 Å². The summed E-state index contributed by atoms with van der Waals surface area (Å²) in [6.45, 7) is 0. The van der Waals surface area contributed by atoms with Crippen LogP contribution < -0.4 is 0 Å². The fourth-order valence-electron chi connectivity index (χ4n) is 5.79. The van der Waals surface area contributed by atoms with E-state index in [-0.39, 0.29) is 6.04 Å². The van der Waals surface area contributed by atoms with Gasteiger partial charge in [0, 0.05) is 33.5 Å². The second-order valence-corrected chi connectivity index (χ2v) is 9.93. The summed E-state index contributed by atoms with van der Waals surface area (Å²) in [6, 6.07) is 33.1. The van der Waals surface area contributed by atoms with Gasteiger partial charge in [-0.1, -0.05) is 103 Å². The first-order valence-electron chi connectivity index (χ1n) is 13.5. The molecule has 1 atom stereocenters. The van der Waals surface area contributed by atoms with Crippen LogP contribution in [0.4, 0.5) is 0 Å². The van der Waals surface area contributed by atoms with E-state index in [4.69, 9.17) is 19.9 Å². The van der Waals surface area contributed by atoms with Gasteiger partial charge in [-0.25, -0.2) is 14.5 Å². The zero-order chi connectivity index (χ0) is 26.5. The van der Waals surface area contributed by atoms with Gasteiger partial charge < -0.3 is 4.57 Å². The number of pyridine rings is 1. The molecule has 1 aliphatic carbocycles. The van der Waals surface area contributed by atoms with E-state index in [1.807, 2.05) is 72.9 Å². The highest BCUT2D eigenvalue weighted by atomic mass is 15.3. The smallest absolute Gasteiger partial charge is 0.241 e. The van der Waals surface area contributed by atoms with Gasteiger partial charge in [-0.3, -0.25) is 0 Å². The van der Waals surface area contributed by atoms with Crippen molar-refractivity contribution in [3.8, 4) is 28.7 Å². The van der Waals surface area contributed by atoms with E-state index in [2.05, 4.69) is 63.8 Å². The fourth-order valence-corrected chi connectivity index (χ4v) is 5.79. The van der Waals surface area contributed by atoms with Gasteiger partial charge >= 0.3 is 0 Å². The molecule has 6 heteroatoms. The van der Waals surface area contributed by atoms with Crippen LogP contribution >= 0.6 is 0 Å². The Labute approximate surface area is 230 Å². The summed E-state index contributed by atoms with van der Waals surface area (Å²) in [7, 11) is 0. The van der Waals surface area contributed by atoms with E-state index in [0.717, 1.165) is 39.6 Å². The molecule has 190 valence electrons. The van der Waals surface area contributed by atoms with E-state index in [1.165, 1.54) is 10.9 Å². The van der Waals surface area contributed by atoms with Crippen molar-refractivity contribution in [3.05, 3.63) is 128 Å². The maximum Gasteiger partial charge on any atom is 0.241 e. The second-order valence-electron chi connectivity index (χ2n) is 9.93. The molecule has 0 radical (unpaired) electrons. The van der Waals surface area contributed by atoms with Crippen molar-refractivity contribution in [3.63, 3.8) is 0 Å². The van der Waals surface area contributed by atoms with E-state index in [9.17, 15) is 0 Å². The highest BCUT2D eigenvalue weighted by Crippen LogP contribution is 2.41. The highest BCUT2D eigenvalue weighted by Gasteiger charge is 2.26. The summed E-state index contributed by atoms with van der Waals surface area (Å²) in [6.07, 6.45) is 11.5. The largest absolute Gasteiger partial charge is 0.319 e. The summed E-state index contributed by atoms with van der Waals surface area (Å²) >= 11 is 0. The molecular formula is C34H24N6. The molecule has 0 saturated carbocycles. The summed E-state index contributed by atoms with van der Waals surface area (Å²) in [5.41, 5.74) is 4.91. The van der Waals surface area contributed by atoms with E-state index in [1.54, 1.807) is 0 Å². The molecule has 0 N–H and O–H groups in total. The summed E-state index contributed by atoms with van der Waals surface area (Å²) in [5.74, 6) is 1.79. The van der Waals surface area contributed by atoms with Crippen LogP contribution in [-0.4, -0.2) is 29.1 Å². The molecule has 8 rings (SSSR count). The Balaban J connectivity index is 1.52. The van der Waals surface area contributed by atoms with Crippen LogP contribution in [0.5, 0.6) is 0 Å². The van der Waals surface area contributed by atoms with Gasteiger partial charge in [0.15, 0.2) is 11.6 Å². The first kappa shape index (κ1) is 22.6. The van der Waals surface area contributed by atoms with Gasteiger partial charge in [0.2, 0.25) is 5.95 Å². The highest BCUT2D eigenvalue weighted by molar-refractivity contribution is 6.21. The van der Waals surface area contributed by atoms with Gasteiger partial charge in [-0.05, 0) is 24.6 Å². The molecule has 0 saturated heterocycles. The average Bonchev–Trinajstić information content (AvgIpc) is 3.55. The molecule has 0 spiro atoms. The zero-order valence-corrected chi connectivity index (χ0v) is 21.6. The first-order valence-corrected chi connectivity index (χ1v) is 13.5. The van der Waals surface area contributed by atoms with Gasteiger partial charge in [-0.15, -0.1) is 0 Å². The van der Waals surface area contributed by atoms with Gasteiger partial charge in [-0.2, -0.15) is 9.97 Å². The lowest BCUT2D eigenvalue weighted by Gasteiger charge is -2.19. The van der Waals surface area contributed by atoms with E-state index >= 15 is 0 Å². The predicted octanol–water partition coefficient (Wildman–Crippen LogP) is 7.71. The Bertz CT molecular complexity index is 2030. The Hall–Kier alpha value is -5.36. The molecule has 0 amide bonds. The molecule has 1 aliphatic rings. The van der Waals surface area contributed by atoms with Crippen LogP contribution in [0.15, 0.2) is 128 Å². The molecule has 3 aromatic carbocycles. The Morgan fingerprint density at radius 3 is 2.02 bits per heavy atom. The molecular weight excluding hydrogens is 492 g/mol. The molecule has 1 unspecified atom stereocenters. The third-order valence-electron chi connectivity index (χ3n) is 7.54. The molecule has 0 bridgehead atoms. The third-order valence-corrected chi connectivity index (χ3v) is 7.54. The lowest BCUT2D eigenvalue weighted by atomic mass is 10.1. The van der Waals surface area contributed by atoms with Crippen LogP contribution in [0.25, 0.3) is 61.7 Å². The van der Waals surface area contributed by atoms with Crippen LogP contribution in [-0.2, 0) is 0 Å². The molecule has 40 heavy (non-hydrogen) atoms. The zero-order valence-electron chi connectivity index (χ0n) is 21.6. The molecule has 4 aromatic heterocycles. The number of para-hydroxylation sites is 1. The minimum absolute atomic E-state index is 0.152. The Morgan fingerprint density at radius 1 is 0.650 bits per heavy atom. The number of nitrogens with zero attached hydrogens (tertiary/aromatic N) is 6. The van der Waals surface area contributed by atoms with E-state index < -0.39 is 0 Å². The van der Waals surface area contributed by atoms with Crippen molar-refractivity contribution in [2.24, 2.45) is 0 Å². The number of hydrogen-bond acceptors (Lipinski definition) is 4. The van der Waals surface area contributed by atoms with Crippen LogP contribution in [0.2, 0.25) is 0 Å². The lowest BCUT2D eigenvalue weighted by Crippen LogP contribution is -2.12. The number of allylic oxidation sites excluding steroid dienone is 4. The van der Waals surface area contributed by atoms with E-state index in [0.29, 0.717) is 17.6 Å². The SMILES string of the molecule is C1=CCC(n2c3ccccc3c3c4cccnc4n(-c4nc(-c5ccccc5)nc(-c5ccccc5)n4)c32)C=C1. The molecule has 7 aromatic rings. The molecule has 6 nitrogen and oxygen atoms in total. The minimum Gasteiger partial charge on any atom is -0.319 e. The number of fused-ring (bicyclic) bond motifs is 5. The van der Waals surface area contributed by atoms with Crippen LogP contribution in [0, 0.1) is 0 Å². The van der Waals surface area contributed by atoms with Crippen LogP contribution in [0.1, 0.15) is 12.5 Å². The maximum absolute atomic E-state index is 5.08. The van der Waals surface area contributed by atoms with Crippen molar-refractivity contribution in [1.29, 1.82) is 0 Å². The monoisotopic (exact) mass is 516 g/mol. The number of benzene rings is 3. The average molecular weight is 517 g/mol. The quantitative estimate of drug-likeness (QED) is 0.240. The standard InChI is InChI=1S/C34H24N6/c1-4-13-23(14-5-1)30-36-31(24-15-6-2-7-16-24)38-34(37-30)40-32-27(20-12-22-35-32)29-26-19-10-11-21-28(26)39(33(29)40)25-17-8-3-9-18-25/h1-17,19-22,25H,18H2. The molecule has 0 fully saturated rings. The maximum atomic E-state index is 5.08. The van der Waals surface area contributed by atoms with Gasteiger partial charge in [0.25, 0.3) is 0 Å². The number of aromatic nitrogens is 6. The number of rotatable bonds is 4. The fraction of sp³-hybridized carbons (Fsp3) is 0.0588. The number of hydrogen-bond donors (Lipinski definition) is 0. The minimum atomic E-state index is 0.152. The van der Waals surface area contributed by atoms with Crippen molar-refractivity contribution in [1.82, 2.24) is 29.1 Å². The Morgan fingerprint density at radius 2 is 1.32 bits per heavy atom. The van der Waals surface area contributed by atoms with Crippen LogP contribution in [0.3, 0.4) is 0 Å². The van der Waals surface area contributed by atoms with Gasteiger partial charge in [0.05, 0.1) is 11.6 Å². The third kappa shape index (κ3) is 3.50. The topological polar surface area (TPSA) is 61.4 Å². The molecule has 0 aliphatic heterocycles. The van der Waals surface area contributed by atoms with Crippen molar-refractivity contribution in [2.75, 3.05) is 0 Å². The Kier molecular flexibility index (Phi) is 5.16. The van der Waals surface area contributed by atoms with Gasteiger partial charge in [0.1, 0.15) is 11.3 Å². The summed E-state index contributed by atoms with van der Waals surface area (Å²) in [4.78, 5) is 20.0. The molecule has 4 heterocycles. The summed E-state index contributed by atoms with van der Waals surface area (Å²) in [5, 5.41) is 3.42. The predicted molar refractivity (Wildman–Crippen MR) is 160 cm³/mol. The van der Waals surface area contributed by atoms with Crippen molar-refractivity contribution >= 4 is 33.0 Å². The normalized spacial score (nSPS) is 14.9. The summed E-state index contributed by atoms with van der Waals surface area (Å²) < 4.78 is 4.54.